The molecule has 5 heteroatoms. The van der Waals surface area contributed by atoms with Crippen LogP contribution in [0.25, 0.3) is 0 Å². The average Bonchev–Trinajstić information content (AvgIpc) is 2.31. The summed E-state index contributed by atoms with van der Waals surface area (Å²) in [5.41, 5.74) is 0. The monoisotopic (exact) mass is 245 g/mol. The molecule has 0 aliphatic carbocycles. The van der Waals surface area contributed by atoms with E-state index in [4.69, 9.17) is 14.2 Å². The molecule has 1 aliphatic heterocycles. The summed E-state index contributed by atoms with van der Waals surface area (Å²) in [7, 11) is 0. The topological polar surface area (TPSA) is 56.8 Å². The zero-order chi connectivity index (χ0) is 12.7. The summed E-state index contributed by atoms with van der Waals surface area (Å²) < 4.78 is 16.3. The van der Waals surface area contributed by atoms with Gasteiger partial charge in [-0.15, -0.1) is 0 Å². The van der Waals surface area contributed by atoms with Crippen molar-refractivity contribution in [1.82, 2.24) is 5.32 Å². The summed E-state index contributed by atoms with van der Waals surface area (Å²) in [6.07, 6.45) is 1.39. The van der Waals surface area contributed by atoms with Gasteiger partial charge in [-0.1, -0.05) is 0 Å². The molecule has 0 bridgehead atoms. The van der Waals surface area contributed by atoms with Gasteiger partial charge in [0.2, 0.25) is 0 Å². The molecule has 0 radical (unpaired) electrons. The molecule has 0 aromatic rings. The number of hydrogen-bond donors (Lipinski definition) is 1. The normalized spacial score (nSPS) is 23.4. The smallest absolute Gasteiger partial charge is 0.323 e. The minimum atomic E-state index is -0.577. The Labute approximate surface area is 103 Å². The van der Waals surface area contributed by atoms with Gasteiger partial charge in [-0.05, 0) is 27.2 Å². The van der Waals surface area contributed by atoms with E-state index in [2.05, 4.69) is 5.32 Å². The number of ether oxygens (including phenoxy) is 3. The molecule has 0 aromatic carbocycles. The number of esters is 1. The minimum Gasteiger partial charge on any atom is -0.465 e. The van der Waals surface area contributed by atoms with E-state index < -0.39 is 5.79 Å². The quantitative estimate of drug-likeness (QED) is 0.560. The van der Waals surface area contributed by atoms with Crippen molar-refractivity contribution in [3.8, 4) is 0 Å². The maximum atomic E-state index is 11.6. The van der Waals surface area contributed by atoms with E-state index in [0.717, 1.165) is 0 Å². The first-order chi connectivity index (χ1) is 8.17. The molecule has 1 aliphatic rings. The van der Waals surface area contributed by atoms with E-state index in [1.165, 1.54) is 0 Å². The van der Waals surface area contributed by atoms with Crippen LogP contribution in [-0.4, -0.2) is 44.2 Å². The highest BCUT2D eigenvalue weighted by molar-refractivity contribution is 5.75. The second-order valence-corrected chi connectivity index (χ2v) is 4.00. The summed E-state index contributed by atoms with van der Waals surface area (Å²) in [5, 5.41) is 3.14. The molecule has 1 fully saturated rings. The first-order valence-corrected chi connectivity index (χ1v) is 6.35. The zero-order valence-electron chi connectivity index (χ0n) is 11.0. The van der Waals surface area contributed by atoms with Gasteiger partial charge in [0.25, 0.3) is 0 Å². The highest BCUT2D eigenvalue weighted by Crippen LogP contribution is 2.25. The van der Waals surface area contributed by atoms with Crippen molar-refractivity contribution >= 4 is 5.97 Å². The van der Waals surface area contributed by atoms with Crippen LogP contribution in [0.15, 0.2) is 0 Å². The third-order valence-electron chi connectivity index (χ3n) is 2.82. The minimum absolute atomic E-state index is 0.186. The summed E-state index contributed by atoms with van der Waals surface area (Å²) in [6, 6.07) is -0.232. The largest absolute Gasteiger partial charge is 0.465 e. The highest BCUT2D eigenvalue weighted by Gasteiger charge is 2.38. The van der Waals surface area contributed by atoms with Crippen LogP contribution in [0.4, 0.5) is 0 Å². The van der Waals surface area contributed by atoms with Crippen LogP contribution in [-0.2, 0) is 19.0 Å². The van der Waals surface area contributed by atoms with Crippen LogP contribution in [0.3, 0.4) is 0 Å². The SMILES string of the molecule is CCOC(=O)[C@@H]1CCC(OCC)(OCC)CN1. The Balaban J connectivity index is 2.48. The van der Waals surface area contributed by atoms with Crippen LogP contribution in [0.1, 0.15) is 33.6 Å². The van der Waals surface area contributed by atoms with Crippen molar-refractivity contribution in [1.29, 1.82) is 0 Å². The first kappa shape index (κ1) is 14.4. The van der Waals surface area contributed by atoms with Gasteiger partial charge in [-0.3, -0.25) is 10.1 Å². The van der Waals surface area contributed by atoms with Crippen LogP contribution < -0.4 is 5.32 Å². The number of carbonyl (C=O) groups excluding carboxylic acids is 1. The third kappa shape index (κ3) is 3.94. The predicted molar refractivity (Wildman–Crippen MR) is 63.6 cm³/mol. The summed E-state index contributed by atoms with van der Waals surface area (Å²) in [4.78, 5) is 11.6. The van der Waals surface area contributed by atoms with Crippen molar-refractivity contribution < 1.29 is 19.0 Å². The molecule has 1 atom stereocenters. The molecule has 100 valence electrons. The molecule has 1 saturated heterocycles. The van der Waals surface area contributed by atoms with Gasteiger partial charge in [0.15, 0.2) is 5.79 Å². The number of carbonyl (C=O) groups is 1. The maximum absolute atomic E-state index is 11.6. The molecule has 0 unspecified atom stereocenters. The lowest BCUT2D eigenvalue weighted by atomic mass is 9.99. The van der Waals surface area contributed by atoms with Gasteiger partial charge in [-0.25, -0.2) is 0 Å². The molecule has 17 heavy (non-hydrogen) atoms. The standard InChI is InChI=1S/C12H23NO4/c1-4-15-11(14)10-7-8-12(9-13-10,16-5-2)17-6-3/h10,13H,4-9H2,1-3H3/t10-/m0/s1. The zero-order valence-corrected chi connectivity index (χ0v) is 11.0. The fourth-order valence-corrected chi connectivity index (χ4v) is 2.09. The Hall–Kier alpha value is -0.650. The predicted octanol–water partition coefficient (Wildman–Crippen LogP) is 1.07. The number of nitrogens with one attached hydrogen (secondary N) is 1. The molecule has 0 saturated carbocycles. The molecule has 0 aromatic heterocycles. The van der Waals surface area contributed by atoms with E-state index in [0.29, 0.717) is 39.2 Å². The lowest BCUT2D eigenvalue weighted by Gasteiger charge is -2.39. The van der Waals surface area contributed by atoms with Crippen molar-refractivity contribution in [3.05, 3.63) is 0 Å². The van der Waals surface area contributed by atoms with Gasteiger partial charge in [-0.2, -0.15) is 0 Å². The van der Waals surface area contributed by atoms with Crippen LogP contribution in [0.2, 0.25) is 0 Å². The van der Waals surface area contributed by atoms with Gasteiger partial charge < -0.3 is 14.2 Å². The fraction of sp³-hybridized carbons (Fsp3) is 0.917. The molecule has 0 spiro atoms. The molecule has 1 heterocycles. The van der Waals surface area contributed by atoms with Crippen LogP contribution in [0, 0.1) is 0 Å². The average molecular weight is 245 g/mol. The van der Waals surface area contributed by atoms with Crippen molar-refractivity contribution in [2.75, 3.05) is 26.4 Å². The molecular formula is C12H23NO4. The first-order valence-electron chi connectivity index (χ1n) is 6.35. The molecule has 1 N–H and O–H groups in total. The van der Waals surface area contributed by atoms with E-state index in [-0.39, 0.29) is 12.0 Å². The van der Waals surface area contributed by atoms with Crippen molar-refractivity contribution in [2.45, 2.75) is 45.4 Å². The Morgan fingerprint density at radius 2 is 1.88 bits per heavy atom. The van der Waals surface area contributed by atoms with Gasteiger partial charge in [0, 0.05) is 19.6 Å². The Bertz CT molecular complexity index is 229. The lowest BCUT2D eigenvalue weighted by Crippen LogP contribution is -2.55. The van der Waals surface area contributed by atoms with E-state index in [1.807, 2.05) is 20.8 Å². The van der Waals surface area contributed by atoms with Crippen LogP contribution in [0.5, 0.6) is 0 Å². The van der Waals surface area contributed by atoms with Crippen molar-refractivity contribution in [2.24, 2.45) is 0 Å². The number of rotatable bonds is 6. The lowest BCUT2D eigenvalue weighted by molar-refractivity contribution is -0.242. The second kappa shape index (κ2) is 6.93. The van der Waals surface area contributed by atoms with Crippen molar-refractivity contribution in [3.63, 3.8) is 0 Å². The highest BCUT2D eigenvalue weighted by atomic mass is 16.7. The Kier molecular flexibility index (Phi) is 5.88. The fourth-order valence-electron chi connectivity index (χ4n) is 2.09. The maximum Gasteiger partial charge on any atom is 0.323 e. The second-order valence-electron chi connectivity index (χ2n) is 4.00. The van der Waals surface area contributed by atoms with Gasteiger partial charge >= 0.3 is 5.97 Å². The number of hydrogen-bond acceptors (Lipinski definition) is 5. The molecular weight excluding hydrogens is 222 g/mol. The van der Waals surface area contributed by atoms with E-state index in [9.17, 15) is 4.79 Å². The summed E-state index contributed by atoms with van der Waals surface area (Å²) in [5.74, 6) is -0.763. The summed E-state index contributed by atoms with van der Waals surface area (Å²) in [6.45, 7) is 7.84. The van der Waals surface area contributed by atoms with Gasteiger partial charge in [0.1, 0.15) is 6.04 Å². The Morgan fingerprint density at radius 1 is 1.24 bits per heavy atom. The van der Waals surface area contributed by atoms with Crippen LogP contribution >= 0.6 is 0 Å². The Morgan fingerprint density at radius 3 is 2.29 bits per heavy atom. The molecule has 1 rings (SSSR count). The van der Waals surface area contributed by atoms with E-state index in [1.54, 1.807) is 0 Å². The molecule has 5 nitrogen and oxygen atoms in total. The summed E-state index contributed by atoms with van der Waals surface area (Å²) >= 11 is 0. The third-order valence-corrected chi connectivity index (χ3v) is 2.82. The van der Waals surface area contributed by atoms with E-state index >= 15 is 0 Å². The molecule has 0 amide bonds. The number of piperidine rings is 1. The van der Waals surface area contributed by atoms with Gasteiger partial charge in [0.05, 0.1) is 13.2 Å².